The van der Waals surface area contributed by atoms with E-state index in [1.807, 2.05) is 30.3 Å². The second-order valence-corrected chi connectivity index (χ2v) is 6.83. The van der Waals surface area contributed by atoms with Crippen LogP contribution in [-0.2, 0) is 4.79 Å². The van der Waals surface area contributed by atoms with E-state index in [-0.39, 0.29) is 17.5 Å². The third kappa shape index (κ3) is 4.29. The molecular weight excluding hydrogens is 262 g/mol. The molecule has 0 radical (unpaired) electrons. The molecular formula is C17H27N3O. The third-order valence-electron chi connectivity index (χ3n) is 4.23. The number of likely N-dealkylation sites (tertiary alicyclic amines) is 1. The number of amides is 1. The third-order valence-corrected chi connectivity index (χ3v) is 4.23. The summed E-state index contributed by atoms with van der Waals surface area (Å²) in [5.41, 5.74) is 7.10. The Morgan fingerprint density at radius 3 is 2.33 bits per heavy atom. The minimum absolute atomic E-state index is 0.0737. The first-order chi connectivity index (χ1) is 9.88. The lowest BCUT2D eigenvalue weighted by molar-refractivity contribution is -0.123. The minimum Gasteiger partial charge on any atom is -0.352 e. The van der Waals surface area contributed by atoms with Crippen LogP contribution in [0.1, 0.15) is 45.2 Å². The number of benzene rings is 1. The van der Waals surface area contributed by atoms with Gasteiger partial charge in [-0.05, 0) is 39.2 Å². The lowest BCUT2D eigenvalue weighted by Crippen LogP contribution is -2.51. The van der Waals surface area contributed by atoms with Crippen molar-refractivity contribution < 1.29 is 4.79 Å². The Kier molecular flexibility index (Phi) is 5.01. The molecule has 4 heteroatoms. The highest BCUT2D eigenvalue weighted by molar-refractivity contribution is 5.83. The van der Waals surface area contributed by atoms with E-state index < -0.39 is 6.04 Å². The lowest BCUT2D eigenvalue weighted by Gasteiger charge is -2.41. The van der Waals surface area contributed by atoms with Gasteiger partial charge in [-0.25, -0.2) is 0 Å². The molecule has 1 aliphatic rings. The molecule has 1 atom stereocenters. The molecule has 21 heavy (non-hydrogen) atoms. The van der Waals surface area contributed by atoms with Crippen LogP contribution in [-0.4, -0.2) is 35.5 Å². The summed E-state index contributed by atoms with van der Waals surface area (Å²) in [4.78, 5) is 14.7. The predicted octanol–water partition coefficient (Wildman–Crippen LogP) is 2.07. The number of rotatable bonds is 3. The molecule has 116 valence electrons. The topological polar surface area (TPSA) is 58.4 Å². The molecule has 1 aromatic rings. The van der Waals surface area contributed by atoms with Crippen molar-refractivity contribution in [3.8, 4) is 0 Å². The van der Waals surface area contributed by atoms with Gasteiger partial charge >= 0.3 is 0 Å². The molecule has 1 heterocycles. The summed E-state index contributed by atoms with van der Waals surface area (Å²) < 4.78 is 0. The average Bonchev–Trinajstić information content (AvgIpc) is 2.47. The molecule has 1 fully saturated rings. The van der Waals surface area contributed by atoms with Gasteiger partial charge in [0, 0.05) is 24.7 Å². The summed E-state index contributed by atoms with van der Waals surface area (Å²) >= 11 is 0. The molecule has 2 rings (SSSR count). The molecule has 0 aliphatic carbocycles. The molecule has 1 saturated heterocycles. The van der Waals surface area contributed by atoms with Gasteiger partial charge in [0.15, 0.2) is 0 Å². The monoisotopic (exact) mass is 289 g/mol. The summed E-state index contributed by atoms with van der Waals surface area (Å²) in [6.45, 7) is 8.75. The normalized spacial score (nSPS) is 19.2. The summed E-state index contributed by atoms with van der Waals surface area (Å²) in [5.74, 6) is -0.0737. The smallest absolute Gasteiger partial charge is 0.241 e. The van der Waals surface area contributed by atoms with Gasteiger partial charge < -0.3 is 11.1 Å². The Morgan fingerprint density at radius 2 is 1.81 bits per heavy atom. The number of carbonyl (C=O) groups is 1. The van der Waals surface area contributed by atoms with Gasteiger partial charge in [0.25, 0.3) is 0 Å². The van der Waals surface area contributed by atoms with Crippen molar-refractivity contribution in [3.63, 3.8) is 0 Å². The first-order valence-corrected chi connectivity index (χ1v) is 7.74. The van der Waals surface area contributed by atoms with E-state index in [9.17, 15) is 4.79 Å². The quantitative estimate of drug-likeness (QED) is 0.895. The van der Waals surface area contributed by atoms with Gasteiger partial charge in [0.2, 0.25) is 5.91 Å². The zero-order chi connectivity index (χ0) is 15.5. The van der Waals surface area contributed by atoms with Crippen LogP contribution in [0.4, 0.5) is 0 Å². The van der Waals surface area contributed by atoms with Crippen LogP contribution in [0.15, 0.2) is 30.3 Å². The van der Waals surface area contributed by atoms with Crippen molar-refractivity contribution >= 4 is 5.91 Å². The zero-order valence-electron chi connectivity index (χ0n) is 13.3. The van der Waals surface area contributed by atoms with Gasteiger partial charge in [-0.15, -0.1) is 0 Å². The number of piperidine rings is 1. The second-order valence-electron chi connectivity index (χ2n) is 6.83. The Labute approximate surface area is 127 Å². The number of hydrogen-bond acceptors (Lipinski definition) is 3. The highest BCUT2D eigenvalue weighted by Gasteiger charge is 2.28. The molecule has 1 amide bonds. The van der Waals surface area contributed by atoms with Gasteiger partial charge in [-0.2, -0.15) is 0 Å². The standard InChI is InChI=1S/C17H27N3O/c1-17(2,3)20-11-9-14(10-12-20)19-16(21)15(18)13-7-5-4-6-8-13/h4-8,14-15H,9-12,18H2,1-3H3,(H,19,21). The van der Waals surface area contributed by atoms with E-state index in [0.717, 1.165) is 31.5 Å². The van der Waals surface area contributed by atoms with Crippen LogP contribution in [0.2, 0.25) is 0 Å². The molecule has 3 N–H and O–H groups in total. The minimum atomic E-state index is -0.577. The number of nitrogens with two attached hydrogens (primary N) is 1. The van der Waals surface area contributed by atoms with Crippen molar-refractivity contribution in [2.45, 2.75) is 51.2 Å². The van der Waals surface area contributed by atoms with Crippen LogP contribution in [0.3, 0.4) is 0 Å². The highest BCUT2D eigenvalue weighted by atomic mass is 16.2. The number of carbonyl (C=O) groups excluding carboxylic acids is 1. The SMILES string of the molecule is CC(C)(C)N1CCC(NC(=O)C(N)c2ccccc2)CC1. The van der Waals surface area contributed by atoms with Crippen LogP contribution < -0.4 is 11.1 Å². The van der Waals surface area contributed by atoms with Crippen LogP contribution in [0, 0.1) is 0 Å². The molecule has 0 spiro atoms. The fourth-order valence-electron chi connectivity index (χ4n) is 2.80. The second kappa shape index (κ2) is 6.58. The Hall–Kier alpha value is -1.39. The fourth-order valence-corrected chi connectivity index (χ4v) is 2.80. The summed E-state index contributed by atoms with van der Waals surface area (Å²) in [6, 6.07) is 9.20. The molecule has 0 aromatic heterocycles. The summed E-state index contributed by atoms with van der Waals surface area (Å²) in [6.07, 6.45) is 1.98. The van der Waals surface area contributed by atoms with Gasteiger partial charge in [0.05, 0.1) is 0 Å². The van der Waals surface area contributed by atoms with Gasteiger partial charge in [0.1, 0.15) is 6.04 Å². The van der Waals surface area contributed by atoms with Crippen molar-refractivity contribution in [2.75, 3.05) is 13.1 Å². The number of nitrogens with one attached hydrogen (secondary N) is 1. The average molecular weight is 289 g/mol. The zero-order valence-corrected chi connectivity index (χ0v) is 13.3. The Balaban J connectivity index is 1.85. The number of nitrogens with zero attached hydrogens (tertiary/aromatic N) is 1. The largest absolute Gasteiger partial charge is 0.352 e. The fraction of sp³-hybridized carbons (Fsp3) is 0.588. The molecule has 1 unspecified atom stereocenters. The lowest BCUT2D eigenvalue weighted by atomic mass is 9.97. The first kappa shape index (κ1) is 16.0. The van der Waals surface area contributed by atoms with E-state index in [1.165, 1.54) is 0 Å². The Bertz CT molecular complexity index is 459. The molecule has 0 saturated carbocycles. The summed E-state index contributed by atoms with van der Waals surface area (Å²) in [5, 5.41) is 3.10. The van der Waals surface area contributed by atoms with Crippen LogP contribution in [0.5, 0.6) is 0 Å². The van der Waals surface area contributed by atoms with E-state index in [2.05, 4.69) is 31.0 Å². The maximum atomic E-state index is 12.2. The number of hydrogen-bond donors (Lipinski definition) is 2. The van der Waals surface area contributed by atoms with Gasteiger partial charge in [-0.1, -0.05) is 30.3 Å². The molecule has 0 bridgehead atoms. The molecule has 4 nitrogen and oxygen atoms in total. The van der Waals surface area contributed by atoms with Crippen LogP contribution in [0.25, 0.3) is 0 Å². The van der Waals surface area contributed by atoms with Crippen molar-refractivity contribution in [2.24, 2.45) is 5.73 Å². The van der Waals surface area contributed by atoms with Crippen LogP contribution >= 0.6 is 0 Å². The first-order valence-electron chi connectivity index (χ1n) is 7.74. The Morgan fingerprint density at radius 1 is 1.24 bits per heavy atom. The molecule has 1 aromatic carbocycles. The van der Waals surface area contributed by atoms with Crippen molar-refractivity contribution in [1.82, 2.24) is 10.2 Å². The van der Waals surface area contributed by atoms with E-state index in [0.29, 0.717) is 0 Å². The van der Waals surface area contributed by atoms with E-state index >= 15 is 0 Å². The maximum Gasteiger partial charge on any atom is 0.241 e. The van der Waals surface area contributed by atoms with Crippen molar-refractivity contribution in [1.29, 1.82) is 0 Å². The van der Waals surface area contributed by atoms with Gasteiger partial charge in [-0.3, -0.25) is 9.69 Å². The predicted molar refractivity (Wildman–Crippen MR) is 85.9 cm³/mol. The maximum absolute atomic E-state index is 12.2. The van der Waals surface area contributed by atoms with Crippen molar-refractivity contribution in [3.05, 3.63) is 35.9 Å². The summed E-state index contributed by atoms with van der Waals surface area (Å²) in [7, 11) is 0. The molecule has 1 aliphatic heterocycles. The van der Waals surface area contributed by atoms with E-state index in [1.54, 1.807) is 0 Å². The van der Waals surface area contributed by atoms with E-state index in [4.69, 9.17) is 5.73 Å². The highest BCUT2D eigenvalue weighted by Crippen LogP contribution is 2.20.